The van der Waals surface area contributed by atoms with Crippen LogP contribution < -0.4 is 15.0 Å². The Bertz CT molecular complexity index is 1010. The first-order chi connectivity index (χ1) is 12.8. The molecule has 1 saturated heterocycles. The first-order valence-corrected chi connectivity index (χ1v) is 9.01. The van der Waals surface area contributed by atoms with Gasteiger partial charge in [-0.25, -0.2) is 9.69 Å². The van der Waals surface area contributed by atoms with Gasteiger partial charge < -0.3 is 9.84 Å². The average molecular weight is 499 g/mol. The van der Waals surface area contributed by atoms with Crippen molar-refractivity contribution < 1.29 is 24.2 Å². The van der Waals surface area contributed by atoms with E-state index in [4.69, 9.17) is 16.3 Å². The number of imide groups is 2. The van der Waals surface area contributed by atoms with Gasteiger partial charge in [-0.3, -0.25) is 14.9 Å². The molecule has 0 aromatic heterocycles. The van der Waals surface area contributed by atoms with Crippen molar-refractivity contribution in [3.8, 4) is 11.5 Å². The summed E-state index contributed by atoms with van der Waals surface area (Å²) < 4.78 is 5.55. The van der Waals surface area contributed by atoms with Crippen LogP contribution in [0.2, 0.25) is 5.02 Å². The number of phenolic OH excluding ortho intramolecular Hbond substituents is 1. The lowest BCUT2D eigenvalue weighted by atomic mass is 10.1. The molecule has 0 bridgehead atoms. The lowest BCUT2D eigenvalue weighted by Crippen LogP contribution is -2.54. The van der Waals surface area contributed by atoms with Crippen LogP contribution in [-0.4, -0.2) is 30.1 Å². The van der Waals surface area contributed by atoms with E-state index in [0.717, 1.165) is 4.90 Å². The maximum absolute atomic E-state index is 12.8. The number of barbiturate groups is 1. The largest absolute Gasteiger partial charge is 0.504 e. The van der Waals surface area contributed by atoms with Crippen molar-refractivity contribution in [3.63, 3.8) is 0 Å². The highest BCUT2D eigenvalue weighted by atomic mass is 127. The number of hydrogen-bond donors (Lipinski definition) is 2. The summed E-state index contributed by atoms with van der Waals surface area (Å²) in [6, 6.07) is 8.47. The molecule has 1 heterocycles. The number of carbonyl (C=O) groups excluding carboxylic acids is 3. The average Bonchev–Trinajstić information content (AvgIpc) is 2.62. The van der Waals surface area contributed by atoms with E-state index in [1.54, 1.807) is 18.2 Å². The molecular weight excluding hydrogens is 487 g/mol. The molecule has 0 spiro atoms. The zero-order valence-corrected chi connectivity index (χ0v) is 16.7. The summed E-state index contributed by atoms with van der Waals surface area (Å²) in [6.45, 7) is 0. The highest BCUT2D eigenvalue weighted by molar-refractivity contribution is 14.1. The second-order valence-electron chi connectivity index (χ2n) is 5.46. The van der Waals surface area contributed by atoms with Gasteiger partial charge in [0.1, 0.15) is 5.57 Å². The van der Waals surface area contributed by atoms with Crippen LogP contribution in [-0.2, 0) is 9.59 Å². The normalized spacial score (nSPS) is 15.9. The van der Waals surface area contributed by atoms with Gasteiger partial charge >= 0.3 is 6.03 Å². The number of nitrogens with one attached hydrogen (secondary N) is 1. The van der Waals surface area contributed by atoms with Crippen LogP contribution in [0.15, 0.2) is 42.0 Å². The number of carbonyl (C=O) groups is 3. The van der Waals surface area contributed by atoms with Crippen LogP contribution >= 0.6 is 34.2 Å². The summed E-state index contributed by atoms with van der Waals surface area (Å²) >= 11 is 7.98. The first kappa shape index (κ1) is 19.2. The predicted octanol–water partition coefficient (Wildman–Crippen LogP) is 3.33. The maximum atomic E-state index is 12.8. The molecule has 0 radical (unpaired) electrons. The number of phenols is 1. The second-order valence-corrected chi connectivity index (χ2v) is 7.03. The lowest BCUT2D eigenvalue weighted by molar-refractivity contribution is -0.122. The number of rotatable bonds is 3. The van der Waals surface area contributed by atoms with Crippen molar-refractivity contribution in [2.75, 3.05) is 12.0 Å². The summed E-state index contributed by atoms with van der Waals surface area (Å²) in [5.41, 5.74) is 0.358. The van der Waals surface area contributed by atoms with Gasteiger partial charge in [-0.2, -0.15) is 0 Å². The van der Waals surface area contributed by atoms with Crippen molar-refractivity contribution >= 4 is 63.8 Å². The Labute approximate surface area is 172 Å². The molecule has 1 aliphatic heterocycles. The molecule has 9 heteroatoms. The number of para-hydroxylation sites is 1. The van der Waals surface area contributed by atoms with Crippen LogP contribution in [0.1, 0.15) is 5.56 Å². The SMILES string of the molecule is COc1cc(/C=C2\C(=O)NC(=O)N(c3ccccc3Cl)C2=O)cc(I)c1O. The molecule has 1 fully saturated rings. The summed E-state index contributed by atoms with van der Waals surface area (Å²) in [7, 11) is 1.39. The molecule has 0 saturated carbocycles. The Morgan fingerprint density at radius 3 is 2.59 bits per heavy atom. The van der Waals surface area contributed by atoms with Crippen LogP contribution in [0.25, 0.3) is 6.08 Å². The molecule has 0 unspecified atom stereocenters. The fourth-order valence-corrected chi connectivity index (χ4v) is 3.35. The Hall–Kier alpha value is -2.59. The standard InChI is InChI=1S/C18H12ClIN2O5/c1-27-14-8-9(7-12(20)15(14)23)6-10-16(24)21-18(26)22(17(10)25)13-5-3-2-4-11(13)19/h2-8,23H,1H3,(H,21,24,26)/b10-6+. The number of nitrogens with zero attached hydrogens (tertiary/aromatic N) is 1. The minimum absolute atomic E-state index is 0.0486. The summed E-state index contributed by atoms with van der Waals surface area (Å²) in [5, 5.41) is 12.2. The summed E-state index contributed by atoms with van der Waals surface area (Å²) in [5.74, 6) is -1.49. The van der Waals surface area contributed by atoms with Gasteiger partial charge in [0, 0.05) is 0 Å². The minimum Gasteiger partial charge on any atom is -0.504 e. The number of halogens is 2. The van der Waals surface area contributed by atoms with Gasteiger partial charge in [0.05, 0.1) is 21.4 Å². The molecule has 2 N–H and O–H groups in total. The van der Waals surface area contributed by atoms with Gasteiger partial charge in [0.25, 0.3) is 11.8 Å². The maximum Gasteiger partial charge on any atom is 0.335 e. The van der Waals surface area contributed by atoms with E-state index in [1.165, 1.54) is 31.4 Å². The number of methoxy groups -OCH3 is 1. The fraction of sp³-hybridized carbons (Fsp3) is 0.0556. The molecule has 3 rings (SSSR count). The number of benzene rings is 2. The second kappa shape index (κ2) is 7.57. The predicted molar refractivity (Wildman–Crippen MR) is 108 cm³/mol. The monoisotopic (exact) mass is 498 g/mol. The molecule has 2 aromatic rings. The third-order valence-corrected chi connectivity index (χ3v) is 4.92. The zero-order valence-electron chi connectivity index (χ0n) is 13.8. The van der Waals surface area contributed by atoms with E-state index >= 15 is 0 Å². The highest BCUT2D eigenvalue weighted by Gasteiger charge is 2.37. The Kier molecular flexibility index (Phi) is 5.38. The number of anilines is 1. The summed E-state index contributed by atoms with van der Waals surface area (Å²) in [6.07, 6.45) is 1.32. The Morgan fingerprint density at radius 1 is 1.22 bits per heavy atom. The molecule has 27 heavy (non-hydrogen) atoms. The van der Waals surface area contributed by atoms with Crippen molar-refractivity contribution in [3.05, 3.63) is 56.1 Å². The highest BCUT2D eigenvalue weighted by Crippen LogP contribution is 2.34. The molecule has 7 nitrogen and oxygen atoms in total. The lowest BCUT2D eigenvalue weighted by Gasteiger charge is -2.27. The van der Waals surface area contributed by atoms with E-state index in [-0.39, 0.29) is 27.8 Å². The Morgan fingerprint density at radius 2 is 1.93 bits per heavy atom. The zero-order chi connectivity index (χ0) is 19.7. The Balaban J connectivity index is 2.08. The molecule has 4 amide bonds. The van der Waals surface area contributed by atoms with Crippen molar-refractivity contribution in [2.24, 2.45) is 0 Å². The number of ether oxygens (including phenoxy) is 1. The molecule has 2 aromatic carbocycles. The number of aromatic hydroxyl groups is 1. The van der Waals surface area contributed by atoms with Crippen LogP contribution in [0.4, 0.5) is 10.5 Å². The minimum atomic E-state index is -0.881. The van der Waals surface area contributed by atoms with E-state index in [1.807, 2.05) is 22.6 Å². The number of amides is 4. The first-order valence-electron chi connectivity index (χ1n) is 7.56. The molecule has 138 valence electrons. The van der Waals surface area contributed by atoms with E-state index in [2.05, 4.69) is 5.32 Å². The molecular formula is C18H12ClIN2O5. The van der Waals surface area contributed by atoms with Gasteiger partial charge in [-0.05, 0) is 58.5 Å². The van der Waals surface area contributed by atoms with Gasteiger partial charge in [-0.15, -0.1) is 0 Å². The summed E-state index contributed by atoms with van der Waals surface area (Å²) in [4.78, 5) is 38.1. The van der Waals surface area contributed by atoms with Crippen molar-refractivity contribution in [1.29, 1.82) is 0 Å². The van der Waals surface area contributed by atoms with E-state index < -0.39 is 17.8 Å². The topological polar surface area (TPSA) is 95.9 Å². The van der Waals surface area contributed by atoms with Gasteiger partial charge in [-0.1, -0.05) is 23.7 Å². The van der Waals surface area contributed by atoms with Crippen LogP contribution in [0, 0.1) is 3.57 Å². The van der Waals surface area contributed by atoms with Gasteiger partial charge in [0.15, 0.2) is 11.5 Å². The van der Waals surface area contributed by atoms with E-state index in [9.17, 15) is 19.5 Å². The van der Waals surface area contributed by atoms with E-state index in [0.29, 0.717) is 9.13 Å². The van der Waals surface area contributed by atoms with Crippen molar-refractivity contribution in [2.45, 2.75) is 0 Å². The third kappa shape index (κ3) is 3.62. The number of hydrogen-bond acceptors (Lipinski definition) is 5. The smallest absolute Gasteiger partial charge is 0.335 e. The fourth-order valence-electron chi connectivity index (χ4n) is 2.51. The van der Waals surface area contributed by atoms with Crippen molar-refractivity contribution in [1.82, 2.24) is 5.32 Å². The third-order valence-electron chi connectivity index (χ3n) is 3.78. The van der Waals surface area contributed by atoms with Crippen LogP contribution in [0.3, 0.4) is 0 Å². The molecule has 1 aliphatic rings. The molecule has 0 aliphatic carbocycles. The van der Waals surface area contributed by atoms with Gasteiger partial charge in [0.2, 0.25) is 0 Å². The van der Waals surface area contributed by atoms with Crippen LogP contribution in [0.5, 0.6) is 11.5 Å². The number of urea groups is 1. The quantitative estimate of drug-likeness (QED) is 0.385. The molecule has 0 atom stereocenters.